The van der Waals surface area contributed by atoms with Crippen LogP contribution in [0.2, 0.25) is 0 Å². The van der Waals surface area contributed by atoms with E-state index in [1.165, 1.54) is 0 Å². The summed E-state index contributed by atoms with van der Waals surface area (Å²) < 4.78 is 6.42. The van der Waals surface area contributed by atoms with Gasteiger partial charge >= 0.3 is 6.09 Å². The average Bonchev–Trinajstić information content (AvgIpc) is 2.65. The molecule has 0 saturated carbocycles. The Labute approximate surface area is 121 Å². The minimum atomic E-state index is -0.606. The number of ether oxygens (including phenoxy) is 1. The van der Waals surface area contributed by atoms with E-state index in [9.17, 15) is 4.79 Å². The molecule has 0 fully saturated rings. The number of nitrogens with two attached hydrogens (primary N) is 1. The molecule has 2 aromatic rings. The molecule has 0 spiro atoms. The van der Waals surface area contributed by atoms with Gasteiger partial charge in [0.2, 0.25) is 0 Å². The maximum atomic E-state index is 12.1. The SMILES string of the molecule is CC(C)(C)OC(=O)n1nc(N)c2cc(N=C=S)ccc21. The van der Waals surface area contributed by atoms with Crippen molar-refractivity contribution in [2.24, 2.45) is 4.99 Å². The number of nitrogen functional groups attached to an aromatic ring is 1. The van der Waals surface area contributed by atoms with Crippen molar-refractivity contribution < 1.29 is 9.53 Å². The topological polar surface area (TPSA) is 82.5 Å². The Bertz CT molecular complexity index is 724. The highest BCUT2D eigenvalue weighted by Gasteiger charge is 2.21. The molecule has 0 unspecified atom stereocenters. The van der Waals surface area contributed by atoms with Crippen LogP contribution in [0.25, 0.3) is 10.9 Å². The quantitative estimate of drug-likeness (QED) is 0.644. The molecule has 0 aliphatic heterocycles. The van der Waals surface area contributed by atoms with Crippen molar-refractivity contribution in [2.45, 2.75) is 26.4 Å². The number of hydrogen-bond acceptors (Lipinski definition) is 6. The predicted molar refractivity (Wildman–Crippen MR) is 80.5 cm³/mol. The van der Waals surface area contributed by atoms with Crippen LogP contribution in [0.3, 0.4) is 0 Å². The van der Waals surface area contributed by atoms with Crippen molar-refractivity contribution in [1.29, 1.82) is 0 Å². The molecule has 2 rings (SSSR count). The van der Waals surface area contributed by atoms with E-state index in [4.69, 9.17) is 10.5 Å². The first kappa shape index (κ1) is 14.2. The summed E-state index contributed by atoms with van der Waals surface area (Å²) >= 11 is 4.55. The van der Waals surface area contributed by atoms with Crippen LogP contribution in [0, 0.1) is 0 Å². The Morgan fingerprint density at radius 3 is 2.80 bits per heavy atom. The van der Waals surface area contributed by atoms with Crippen LogP contribution in [0.5, 0.6) is 0 Å². The molecule has 6 nitrogen and oxygen atoms in total. The van der Waals surface area contributed by atoms with E-state index < -0.39 is 11.7 Å². The zero-order valence-electron chi connectivity index (χ0n) is 11.4. The van der Waals surface area contributed by atoms with Crippen molar-refractivity contribution in [2.75, 3.05) is 5.73 Å². The van der Waals surface area contributed by atoms with Crippen LogP contribution in [-0.4, -0.2) is 26.6 Å². The molecule has 0 bridgehead atoms. The van der Waals surface area contributed by atoms with E-state index in [0.717, 1.165) is 4.68 Å². The first-order chi connectivity index (χ1) is 9.31. The van der Waals surface area contributed by atoms with Crippen LogP contribution in [-0.2, 0) is 4.74 Å². The van der Waals surface area contributed by atoms with Gasteiger partial charge in [-0.05, 0) is 51.2 Å². The zero-order valence-corrected chi connectivity index (χ0v) is 12.2. The molecule has 0 saturated heterocycles. The third-order valence-corrected chi connectivity index (χ3v) is 2.52. The summed E-state index contributed by atoms with van der Waals surface area (Å²) in [5.74, 6) is 0.229. The first-order valence-electron chi connectivity index (χ1n) is 5.91. The zero-order chi connectivity index (χ0) is 14.9. The summed E-state index contributed by atoms with van der Waals surface area (Å²) in [5, 5.41) is 6.90. The lowest BCUT2D eigenvalue weighted by molar-refractivity contribution is 0.0523. The van der Waals surface area contributed by atoms with Crippen molar-refractivity contribution in [1.82, 2.24) is 9.78 Å². The monoisotopic (exact) mass is 290 g/mol. The smallest absolute Gasteiger partial charge is 0.435 e. The number of carbonyl (C=O) groups excluding carboxylic acids is 1. The number of nitrogens with zero attached hydrogens (tertiary/aromatic N) is 3. The molecule has 1 aromatic carbocycles. The Morgan fingerprint density at radius 1 is 1.50 bits per heavy atom. The van der Waals surface area contributed by atoms with E-state index in [1.807, 2.05) is 0 Å². The number of anilines is 1. The van der Waals surface area contributed by atoms with Gasteiger partial charge < -0.3 is 10.5 Å². The van der Waals surface area contributed by atoms with Gasteiger partial charge in [0.05, 0.1) is 16.4 Å². The van der Waals surface area contributed by atoms with Crippen LogP contribution >= 0.6 is 12.2 Å². The summed E-state index contributed by atoms with van der Waals surface area (Å²) in [6.45, 7) is 5.35. The third-order valence-electron chi connectivity index (χ3n) is 2.43. The number of fused-ring (bicyclic) bond motifs is 1. The van der Waals surface area contributed by atoms with Crippen LogP contribution in [0.4, 0.5) is 16.3 Å². The van der Waals surface area contributed by atoms with Gasteiger partial charge in [-0.15, -0.1) is 5.10 Å². The summed E-state index contributed by atoms with van der Waals surface area (Å²) in [6, 6.07) is 5.08. The first-order valence-corrected chi connectivity index (χ1v) is 6.32. The van der Waals surface area contributed by atoms with Gasteiger partial charge in [0.1, 0.15) is 5.60 Å². The molecule has 20 heavy (non-hydrogen) atoms. The van der Waals surface area contributed by atoms with Gasteiger partial charge in [-0.25, -0.2) is 4.79 Å². The molecule has 1 aromatic heterocycles. The van der Waals surface area contributed by atoms with Crippen LogP contribution in [0.15, 0.2) is 23.2 Å². The molecule has 0 amide bonds. The summed E-state index contributed by atoms with van der Waals surface area (Å²) in [6.07, 6.45) is -0.578. The van der Waals surface area contributed by atoms with Gasteiger partial charge in [-0.2, -0.15) is 9.67 Å². The summed E-state index contributed by atoms with van der Waals surface area (Å²) in [7, 11) is 0. The normalized spacial score (nSPS) is 11.2. The highest BCUT2D eigenvalue weighted by molar-refractivity contribution is 7.78. The van der Waals surface area contributed by atoms with Crippen molar-refractivity contribution in [3.8, 4) is 0 Å². The van der Waals surface area contributed by atoms with Crippen molar-refractivity contribution >= 4 is 45.9 Å². The number of isothiocyanates is 1. The molecule has 7 heteroatoms. The maximum absolute atomic E-state index is 12.1. The second kappa shape index (κ2) is 5.03. The predicted octanol–water partition coefficient (Wildman–Crippen LogP) is 3.14. The van der Waals surface area contributed by atoms with Crippen LogP contribution in [0.1, 0.15) is 20.8 Å². The largest absolute Gasteiger partial charge is 0.442 e. The van der Waals surface area contributed by atoms with Gasteiger partial charge in [0.15, 0.2) is 5.82 Å². The van der Waals surface area contributed by atoms with Gasteiger partial charge in [0, 0.05) is 5.39 Å². The number of aromatic nitrogens is 2. The Balaban J connectivity index is 2.51. The molecule has 104 valence electrons. The van der Waals surface area contributed by atoms with E-state index in [0.29, 0.717) is 16.6 Å². The number of carbonyl (C=O) groups is 1. The van der Waals surface area contributed by atoms with Crippen molar-refractivity contribution in [3.05, 3.63) is 18.2 Å². The number of thiocarbonyl (C=S) groups is 1. The molecule has 0 aliphatic carbocycles. The lowest BCUT2D eigenvalue weighted by Crippen LogP contribution is -2.27. The summed E-state index contributed by atoms with van der Waals surface area (Å²) in [4.78, 5) is 15.9. The van der Waals surface area contributed by atoms with Crippen molar-refractivity contribution in [3.63, 3.8) is 0 Å². The van der Waals surface area contributed by atoms with Gasteiger partial charge in [0.25, 0.3) is 0 Å². The second-order valence-corrected chi connectivity index (χ2v) is 5.36. The van der Waals surface area contributed by atoms with E-state index in [2.05, 4.69) is 27.5 Å². The standard InChI is InChI=1S/C13H14N4O2S/c1-13(2,3)19-12(18)17-10-5-4-8(15-7-20)6-9(10)11(14)16-17/h4-6H,1-3H3,(H2,14,16). The molecule has 0 aliphatic rings. The fraction of sp³-hybridized carbons (Fsp3) is 0.308. The fourth-order valence-corrected chi connectivity index (χ4v) is 1.80. The van der Waals surface area contributed by atoms with E-state index in [-0.39, 0.29) is 5.82 Å². The number of aliphatic imine (C=N–C) groups is 1. The van der Waals surface area contributed by atoms with E-state index >= 15 is 0 Å². The Kier molecular flexibility index (Phi) is 3.57. The molecular weight excluding hydrogens is 276 g/mol. The number of rotatable bonds is 1. The highest BCUT2D eigenvalue weighted by Crippen LogP contribution is 2.26. The number of hydrogen-bond donors (Lipinski definition) is 1. The lowest BCUT2D eigenvalue weighted by atomic mass is 10.2. The third kappa shape index (κ3) is 2.84. The molecule has 0 atom stereocenters. The molecular formula is C13H14N4O2S. The minimum absolute atomic E-state index is 0.229. The number of benzene rings is 1. The highest BCUT2D eigenvalue weighted by atomic mass is 32.1. The Morgan fingerprint density at radius 2 is 2.20 bits per heavy atom. The second-order valence-electron chi connectivity index (χ2n) is 5.18. The Hall–Kier alpha value is -2.24. The fourth-order valence-electron chi connectivity index (χ4n) is 1.70. The minimum Gasteiger partial charge on any atom is -0.442 e. The molecule has 2 N–H and O–H groups in total. The maximum Gasteiger partial charge on any atom is 0.435 e. The van der Waals surface area contributed by atoms with Gasteiger partial charge in [-0.3, -0.25) is 0 Å². The van der Waals surface area contributed by atoms with Crippen LogP contribution < -0.4 is 5.73 Å². The molecule has 1 heterocycles. The molecule has 0 radical (unpaired) electrons. The van der Waals surface area contributed by atoms with E-state index in [1.54, 1.807) is 39.0 Å². The van der Waals surface area contributed by atoms with Gasteiger partial charge in [-0.1, -0.05) is 0 Å². The lowest BCUT2D eigenvalue weighted by Gasteiger charge is -2.19. The average molecular weight is 290 g/mol. The summed E-state index contributed by atoms with van der Waals surface area (Å²) in [5.41, 5.74) is 6.37.